The van der Waals surface area contributed by atoms with E-state index in [1.54, 1.807) is 49.6 Å². The lowest BCUT2D eigenvalue weighted by molar-refractivity contribution is 0.0651. The quantitative estimate of drug-likeness (QED) is 0.447. The van der Waals surface area contributed by atoms with Crippen LogP contribution in [0.2, 0.25) is 0 Å². The highest BCUT2D eigenvalue weighted by Crippen LogP contribution is 2.29. The maximum atomic E-state index is 12.3. The summed E-state index contributed by atoms with van der Waals surface area (Å²) in [4.78, 5) is 25.9. The summed E-state index contributed by atoms with van der Waals surface area (Å²) in [7, 11) is 1.57. The summed E-state index contributed by atoms with van der Waals surface area (Å²) in [6.07, 6.45) is 2.41. The van der Waals surface area contributed by atoms with Gasteiger partial charge in [0, 0.05) is 18.3 Å². The molecule has 136 valence electrons. The number of unbranched alkanes of at least 4 members (excludes halogenated alkanes) is 2. The Morgan fingerprint density at radius 2 is 1.62 bits per heavy atom. The van der Waals surface area contributed by atoms with Crippen molar-refractivity contribution < 1.29 is 19.1 Å². The van der Waals surface area contributed by atoms with Gasteiger partial charge in [-0.3, -0.25) is 14.5 Å². The number of amides is 2. The number of carbonyl (C=O) groups is 2. The van der Waals surface area contributed by atoms with Crippen LogP contribution < -0.4 is 15.2 Å². The van der Waals surface area contributed by atoms with Gasteiger partial charge in [0.05, 0.1) is 24.8 Å². The van der Waals surface area contributed by atoms with E-state index in [2.05, 4.69) is 0 Å². The fraction of sp³-hybridized carbons (Fsp3) is 0.300. The number of rotatable bonds is 8. The number of anilines is 1. The van der Waals surface area contributed by atoms with Crippen LogP contribution in [-0.2, 0) is 0 Å². The second-order valence-corrected chi connectivity index (χ2v) is 6.13. The van der Waals surface area contributed by atoms with Crippen molar-refractivity contribution in [2.45, 2.75) is 19.3 Å². The van der Waals surface area contributed by atoms with Crippen molar-refractivity contribution in [2.75, 3.05) is 26.0 Å². The maximum Gasteiger partial charge on any atom is 0.261 e. The number of imide groups is 1. The number of carbonyl (C=O) groups excluding carboxylic acids is 2. The molecule has 0 bridgehead atoms. The SMILES string of the molecule is COc1cc(N)ccc1OCCCCCN1C(=O)c2ccccc2C1=O. The van der Waals surface area contributed by atoms with Crippen molar-refractivity contribution in [1.82, 2.24) is 4.90 Å². The van der Waals surface area contributed by atoms with Crippen LogP contribution in [0.25, 0.3) is 0 Å². The first-order chi connectivity index (χ1) is 12.6. The molecule has 6 nitrogen and oxygen atoms in total. The Balaban J connectivity index is 1.42. The lowest BCUT2D eigenvalue weighted by Gasteiger charge is -2.14. The van der Waals surface area contributed by atoms with E-state index in [4.69, 9.17) is 15.2 Å². The molecule has 1 heterocycles. The first-order valence-corrected chi connectivity index (χ1v) is 8.63. The Morgan fingerprint density at radius 3 is 2.27 bits per heavy atom. The van der Waals surface area contributed by atoms with E-state index in [-0.39, 0.29) is 11.8 Å². The number of ether oxygens (including phenoxy) is 2. The number of nitrogens with zero attached hydrogens (tertiary/aromatic N) is 1. The van der Waals surface area contributed by atoms with Crippen molar-refractivity contribution in [1.29, 1.82) is 0 Å². The normalized spacial score (nSPS) is 13.0. The van der Waals surface area contributed by atoms with Crippen LogP contribution in [0.4, 0.5) is 5.69 Å². The Bertz CT molecular complexity index is 784. The average Bonchev–Trinajstić information content (AvgIpc) is 2.90. The van der Waals surface area contributed by atoms with Gasteiger partial charge >= 0.3 is 0 Å². The van der Waals surface area contributed by atoms with Crippen molar-refractivity contribution in [3.63, 3.8) is 0 Å². The van der Waals surface area contributed by atoms with Gasteiger partial charge < -0.3 is 15.2 Å². The number of hydrogen-bond acceptors (Lipinski definition) is 5. The number of nitrogens with two attached hydrogens (primary N) is 1. The molecule has 0 radical (unpaired) electrons. The Kier molecular flexibility index (Phi) is 5.41. The zero-order valence-corrected chi connectivity index (χ0v) is 14.7. The summed E-state index contributed by atoms with van der Waals surface area (Å²) < 4.78 is 11.0. The van der Waals surface area contributed by atoms with Gasteiger partial charge in [0.15, 0.2) is 11.5 Å². The van der Waals surface area contributed by atoms with E-state index in [1.807, 2.05) is 0 Å². The van der Waals surface area contributed by atoms with E-state index < -0.39 is 0 Å². The van der Waals surface area contributed by atoms with E-state index in [0.29, 0.717) is 41.5 Å². The summed E-state index contributed by atoms with van der Waals surface area (Å²) in [5, 5.41) is 0. The minimum Gasteiger partial charge on any atom is -0.493 e. The molecule has 1 aliphatic heterocycles. The first-order valence-electron chi connectivity index (χ1n) is 8.63. The zero-order valence-electron chi connectivity index (χ0n) is 14.7. The molecule has 6 heteroatoms. The molecule has 1 aliphatic rings. The maximum absolute atomic E-state index is 12.3. The largest absolute Gasteiger partial charge is 0.493 e. The molecular formula is C20H22N2O4. The molecule has 2 amide bonds. The van der Waals surface area contributed by atoms with Crippen molar-refractivity contribution in [3.05, 3.63) is 53.6 Å². The van der Waals surface area contributed by atoms with Gasteiger partial charge in [-0.15, -0.1) is 0 Å². The molecule has 0 spiro atoms. The Hall–Kier alpha value is -3.02. The van der Waals surface area contributed by atoms with Crippen LogP contribution in [-0.4, -0.2) is 37.0 Å². The molecule has 0 fully saturated rings. The molecule has 2 N–H and O–H groups in total. The van der Waals surface area contributed by atoms with Gasteiger partial charge in [-0.2, -0.15) is 0 Å². The van der Waals surface area contributed by atoms with E-state index in [9.17, 15) is 9.59 Å². The van der Waals surface area contributed by atoms with Crippen molar-refractivity contribution in [3.8, 4) is 11.5 Å². The summed E-state index contributed by atoms with van der Waals surface area (Å²) in [6.45, 7) is 0.958. The smallest absolute Gasteiger partial charge is 0.261 e. The molecule has 2 aromatic carbocycles. The van der Waals surface area contributed by atoms with Crippen LogP contribution >= 0.6 is 0 Å². The zero-order chi connectivity index (χ0) is 18.5. The topological polar surface area (TPSA) is 81.9 Å². The predicted molar refractivity (Wildman–Crippen MR) is 98.6 cm³/mol. The highest BCUT2D eigenvalue weighted by atomic mass is 16.5. The Morgan fingerprint density at radius 1 is 0.923 bits per heavy atom. The van der Waals surface area contributed by atoms with Gasteiger partial charge in [-0.05, 0) is 43.5 Å². The van der Waals surface area contributed by atoms with Crippen molar-refractivity contribution in [2.24, 2.45) is 0 Å². The second-order valence-electron chi connectivity index (χ2n) is 6.13. The molecule has 0 saturated heterocycles. The molecule has 0 unspecified atom stereocenters. The third-order valence-corrected chi connectivity index (χ3v) is 4.35. The molecule has 26 heavy (non-hydrogen) atoms. The van der Waals surface area contributed by atoms with Crippen molar-refractivity contribution >= 4 is 17.5 Å². The van der Waals surface area contributed by atoms with Crippen LogP contribution in [0, 0.1) is 0 Å². The number of benzene rings is 2. The summed E-state index contributed by atoms with van der Waals surface area (Å²) in [5.41, 5.74) is 7.33. The van der Waals surface area contributed by atoms with Crippen LogP contribution in [0.15, 0.2) is 42.5 Å². The van der Waals surface area contributed by atoms with Gasteiger partial charge in [0.25, 0.3) is 11.8 Å². The minimum absolute atomic E-state index is 0.200. The lowest BCUT2D eigenvalue weighted by Crippen LogP contribution is -2.30. The summed E-state index contributed by atoms with van der Waals surface area (Å²) >= 11 is 0. The number of nitrogen functional groups attached to an aromatic ring is 1. The summed E-state index contributed by atoms with van der Waals surface area (Å²) in [5.74, 6) is 0.861. The van der Waals surface area contributed by atoms with E-state index >= 15 is 0 Å². The predicted octanol–water partition coefficient (Wildman–Crippen LogP) is 3.12. The number of methoxy groups -OCH3 is 1. The molecule has 0 saturated carbocycles. The standard InChI is InChI=1S/C20H22N2O4/c1-25-18-13-14(21)9-10-17(18)26-12-6-2-5-11-22-19(23)15-7-3-4-8-16(15)20(22)24/h3-4,7-10,13H,2,5-6,11-12,21H2,1H3. The molecule has 0 aliphatic carbocycles. The van der Waals surface area contributed by atoms with Crippen LogP contribution in [0.1, 0.15) is 40.0 Å². The third kappa shape index (κ3) is 3.64. The van der Waals surface area contributed by atoms with Crippen LogP contribution in [0.3, 0.4) is 0 Å². The monoisotopic (exact) mass is 354 g/mol. The van der Waals surface area contributed by atoms with E-state index in [1.165, 1.54) is 4.90 Å². The molecule has 2 aromatic rings. The molecule has 0 aromatic heterocycles. The Labute approximate surface area is 152 Å². The average molecular weight is 354 g/mol. The molecule has 3 rings (SSSR count). The minimum atomic E-state index is -0.200. The highest BCUT2D eigenvalue weighted by Gasteiger charge is 2.34. The first kappa shape index (κ1) is 17.8. The van der Waals surface area contributed by atoms with Crippen LogP contribution in [0.5, 0.6) is 11.5 Å². The number of fused-ring (bicyclic) bond motifs is 1. The fourth-order valence-corrected chi connectivity index (χ4v) is 2.98. The lowest BCUT2D eigenvalue weighted by atomic mass is 10.1. The fourth-order valence-electron chi connectivity index (χ4n) is 2.98. The number of hydrogen-bond donors (Lipinski definition) is 1. The van der Waals surface area contributed by atoms with Gasteiger partial charge in [0.2, 0.25) is 0 Å². The van der Waals surface area contributed by atoms with Gasteiger partial charge in [-0.1, -0.05) is 12.1 Å². The highest BCUT2D eigenvalue weighted by molar-refractivity contribution is 6.21. The summed E-state index contributed by atoms with van der Waals surface area (Å²) in [6, 6.07) is 12.2. The molecule has 0 atom stereocenters. The third-order valence-electron chi connectivity index (χ3n) is 4.35. The van der Waals surface area contributed by atoms with Gasteiger partial charge in [-0.25, -0.2) is 0 Å². The van der Waals surface area contributed by atoms with Gasteiger partial charge in [0.1, 0.15) is 0 Å². The second kappa shape index (κ2) is 7.91. The molecular weight excluding hydrogens is 332 g/mol. The van der Waals surface area contributed by atoms with E-state index in [0.717, 1.165) is 19.3 Å².